The predicted octanol–water partition coefficient (Wildman–Crippen LogP) is 1.91. The fourth-order valence-corrected chi connectivity index (χ4v) is 3.02. The van der Waals surface area contributed by atoms with Crippen LogP contribution in [0.2, 0.25) is 0 Å². The van der Waals surface area contributed by atoms with Crippen LogP contribution in [0, 0.1) is 5.41 Å². The van der Waals surface area contributed by atoms with Gasteiger partial charge in [-0.3, -0.25) is 0 Å². The van der Waals surface area contributed by atoms with E-state index in [4.69, 9.17) is 5.11 Å². The van der Waals surface area contributed by atoms with Crippen LogP contribution in [-0.2, 0) is 0 Å². The number of nitrogens with zero attached hydrogens (tertiary/aromatic N) is 1. The smallest absolute Gasteiger partial charge is 0.407 e. The lowest BCUT2D eigenvalue weighted by atomic mass is 9.65. The maximum Gasteiger partial charge on any atom is 0.407 e. The van der Waals surface area contributed by atoms with E-state index < -0.39 is 6.09 Å². The second-order valence-corrected chi connectivity index (χ2v) is 5.21. The number of piperidine rings is 1. The van der Waals surface area contributed by atoms with Gasteiger partial charge in [-0.25, -0.2) is 4.79 Å². The van der Waals surface area contributed by atoms with Crippen LogP contribution in [0.25, 0.3) is 0 Å². The minimum atomic E-state index is -0.757. The van der Waals surface area contributed by atoms with E-state index in [0.29, 0.717) is 11.5 Å². The van der Waals surface area contributed by atoms with Crippen LogP contribution < -0.4 is 5.32 Å². The Kier molecular flexibility index (Phi) is 3.38. The molecule has 0 aromatic carbocycles. The highest BCUT2D eigenvalue weighted by Gasteiger charge is 2.47. The van der Waals surface area contributed by atoms with Gasteiger partial charge in [0.15, 0.2) is 0 Å². The van der Waals surface area contributed by atoms with E-state index in [9.17, 15) is 4.79 Å². The first-order valence-electron chi connectivity index (χ1n) is 6.39. The van der Waals surface area contributed by atoms with Gasteiger partial charge in [0.2, 0.25) is 0 Å². The van der Waals surface area contributed by atoms with Crippen molar-refractivity contribution in [2.45, 2.75) is 45.1 Å². The van der Waals surface area contributed by atoms with E-state index in [1.807, 2.05) is 0 Å². The van der Waals surface area contributed by atoms with Crippen LogP contribution in [0.4, 0.5) is 4.79 Å². The molecule has 92 valence electrons. The van der Waals surface area contributed by atoms with Crippen molar-refractivity contribution in [3.63, 3.8) is 0 Å². The fraction of sp³-hybridized carbons (Fsp3) is 0.917. The predicted molar refractivity (Wildman–Crippen MR) is 62.6 cm³/mol. The topological polar surface area (TPSA) is 52.6 Å². The van der Waals surface area contributed by atoms with Crippen molar-refractivity contribution in [1.82, 2.24) is 10.2 Å². The van der Waals surface area contributed by atoms with E-state index in [2.05, 4.69) is 12.2 Å². The summed E-state index contributed by atoms with van der Waals surface area (Å²) in [6, 6.07) is 0.642. The molecule has 2 heterocycles. The molecule has 0 aromatic rings. The average molecular weight is 226 g/mol. The first kappa shape index (κ1) is 11.7. The molecule has 4 heteroatoms. The number of unbranched alkanes of at least 4 members (excludes halogenated alkanes) is 1. The third-order valence-electron chi connectivity index (χ3n) is 4.32. The molecule has 2 saturated heterocycles. The maximum atomic E-state index is 10.8. The number of rotatable bonds is 3. The summed E-state index contributed by atoms with van der Waals surface area (Å²) in [6.45, 7) is 4.76. The molecule has 2 fully saturated rings. The van der Waals surface area contributed by atoms with E-state index in [0.717, 1.165) is 32.5 Å². The lowest BCUT2D eigenvalue weighted by Crippen LogP contribution is -2.65. The van der Waals surface area contributed by atoms with Crippen LogP contribution in [-0.4, -0.2) is 41.8 Å². The molecule has 0 saturated carbocycles. The third kappa shape index (κ3) is 2.03. The van der Waals surface area contributed by atoms with Crippen molar-refractivity contribution in [2.24, 2.45) is 5.41 Å². The zero-order chi connectivity index (χ0) is 11.6. The summed E-state index contributed by atoms with van der Waals surface area (Å²) in [5.41, 5.74) is 0.418. The first-order chi connectivity index (χ1) is 7.68. The van der Waals surface area contributed by atoms with E-state index in [-0.39, 0.29) is 0 Å². The summed E-state index contributed by atoms with van der Waals surface area (Å²) in [4.78, 5) is 12.4. The molecule has 2 aliphatic heterocycles. The summed E-state index contributed by atoms with van der Waals surface area (Å²) in [5, 5.41) is 12.4. The Labute approximate surface area is 97.0 Å². The first-order valence-corrected chi connectivity index (χ1v) is 6.39. The van der Waals surface area contributed by atoms with E-state index in [1.165, 1.54) is 19.3 Å². The molecular formula is C12H22N2O2. The number of hydrogen-bond donors (Lipinski definition) is 2. The fourth-order valence-electron chi connectivity index (χ4n) is 3.02. The highest BCUT2D eigenvalue weighted by molar-refractivity contribution is 5.65. The van der Waals surface area contributed by atoms with Crippen LogP contribution in [0.15, 0.2) is 0 Å². The minimum absolute atomic E-state index is 0.418. The molecule has 0 radical (unpaired) electrons. The normalized spacial score (nSPS) is 27.8. The zero-order valence-electron chi connectivity index (χ0n) is 10.0. The van der Waals surface area contributed by atoms with Gasteiger partial charge < -0.3 is 15.3 Å². The molecule has 0 aromatic heterocycles. The molecule has 16 heavy (non-hydrogen) atoms. The van der Waals surface area contributed by atoms with Crippen LogP contribution >= 0.6 is 0 Å². The molecule has 1 amide bonds. The molecule has 0 bridgehead atoms. The molecule has 1 atom stereocenters. The maximum absolute atomic E-state index is 10.8. The van der Waals surface area contributed by atoms with Gasteiger partial charge in [-0.05, 0) is 19.3 Å². The van der Waals surface area contributed by atoms with Gasteiger partial charge in [0.25, 0.3) is 0 Å². The number of hydrogen-bond acceptors (Lipinski definition) is 2. The zero-order valence-corrected chi connectivity index (χ0v) is 10.0. The second kappa shape index (κ2) is 4.62. The summed E-state index contributed by atoms with van der Waals surface area (Å²) in [6.07, 6.45) is 5.11. The summed E-state index contributed by atoms with van der Waals surface area (Å²) in [5.74, 6) is 0. The van der Waals surface area contributed by atoms with Crippen molar-refractivity contribution in [3.05, 3.63) is 0 Å². The molecule has 1 unspecified atom stereocenters. The molecule has 2 N–H and O–H groups in total. The minimum Gasteiger partial charge on any atom is -0.465 e. The van der Waals surface area contributed by atoms with Crippen molar-refractivity contribution in [1.29, 1.82) is 0 Å². The Balaban J connectivity index is 1.84. The number of amides is 1. The number of likely N-dealkylation sites (tertiary alicyclic amines) is 1. The molecule has 0 aliphatic carbocycles. The largest absolute Gasteiger partial charge is 0.465 e. The van der Waals surface area contributed by atoms with Gasteiger partial charge in [0, 0.05) is 31.1 Å². The van der Waals surface area contributed by atoms with Crippen LogP contribution in [0.1, 0.15) is 39.0 Å². The van der Waals surface area contributed by atoms with Crippen LogP contribution in [0.5, 0.6) is 0 Å². The Morgan fingerprint density at radius 3 is 2.62 bits per heavy atom. The van der Waals surface area contributed by atoms with Gasteiger partial charge in [0.05, 0.1) is 0 Å². The van der Waals surface area contributed by atoms with Gasteiger partial charge in [-0.15, -0.1) is 0 Å². The number of carbonyl (C=O) groups is 1. The van der Waals surface area contributed by atoms with Crippen molar-refractivity contribution >= 4 is 6.09 Å². The van der Waals surface area contributed by atoms with Gasteiger partial charge in [-0.1, -0.05) is 19.8 Å². The Morgan fingerprint density at radius 1 is 1.50 bits per heavy atom. The Morgan fingerprint density at radius 2 is 2.19 bits per heavy atom. The number of carboxylic acid groups (broad SMARTS) is 1. The summed E-state index contributed by atoms with van der Waals surface area (Å²) >= 11 is 0. The second-order valence-electron chi connectivity index (χ2n) is 5.21. The SMILES string of the molecule is CCCCC1NCC12CCN(C(=O)O)CC2. The average Bonchev–Trinajstić information content (AvgIpc) is 2.28. The highest BCUT2D eigenvalue weighted by atomic mass is 16.4. The summed E-state index contributed by atoms with van der Waals surface area (Å²) < 4.78 is 0. The molecule has 1 spiro atoms. The quantitative estimate of drug-likeness (QED) is 0.773. The Bertz CT molecular complexity index is 260. The van der Waals surface area contributed by atoms with E-state index in [1.54, 1.807) is 4.90 Å². The highest BCUT2D eigenvalue weighted by Crippen LogP contribution is 2.42. The summed E-state index contributed by atoms with van der Waals surface area (Å²) in [7, 11) is 0. The monoisotopic (exact) mass is 226 g/mol. The third-order valence-corrected chi connectivity index (χ3v) is 4.32. The van der Waals surface area contributed by atoms with Gasteiger partial charge in [-0.2, -0.15) is 0 Å². The van der Waals surface area contributed by atoms with Gasteiger partial charge in [0.1, 0.15) is 0 Å². The standard InChI is InChI=1S/C12H22N2O2/c1-2-3-4-10-12(9-13-10)5-7-14(8-6-12)11(15)16/h10,13H,2-9H2,1H3,(H,15,16). The van der Waals surface area contributed by atoms with Crippen molar-refractivity contribution < 1.29 is 9.90 Å². The van der Waals surface area contributed by atoms with Gasteiger partial charge >= 0.3 is 6.09 Å². The molecule has 4 nitrogen and oxygen atoms in total. The molecule has 2 rings (SSSR count). The molecular weight excluding hydrogens is 204 g/mol. The van der Waals surface area contributed by atoms with E-state index >= 15 is 0 Å². The van der Waals surface area contributed by atoms with Crippen molar-refractivity contribution in [3.8, 4) is 0 Å². The lowest BCUT2D eigenvalue weighted by Gasteiger charge is -2.54. The Hall–Kier alpha value is -0.770. The molecule has 2 aliphatic rings. The number of nitrogens with one attached hydrogen (secondary N) is 1. The lowest BCUT2D eigenvalue weighted by molar-refractivity contribution is 0.00386. The van der Waals surface area contributed by atoms with Crippen LogP contribution in [0.3, 0.4) is 0 Å². The van der Waals surface area contributed by atoms with Crippen molar-refractivity contribution in [2.75, 3.05) is 19.6 Å².